The van der Waals surface area contributed by atoms with Gasteiger partial charge in [-0.3, -0.25) is 4.79 Å². The van der Waals surface area contributed by atoms with Crippen molar-refractivity contribution in [2.24, 2.45) is 0 Å². The number of esters is 1. The van der Waals surface area contributed by atoms with Crippen LogP contribution < -0.4 is 5.32 Å². The minimum absolute atomic E-state index is 0.107. The highest BCUT2D eigenvalue weighted by molar-refractivity contribution is 9.10. The Morgan fingerprint density at radius 2 is 2.05 bits per heavy atom. The Balaban J connectivity index is 2.16. The summed E-state index contributed by atoms with van der Waals surface area (Å²) in [5, 5.41) is 3.42. The fraction of sp³-hybridized carbons (Fsp3) is 0.533. The topological polar surface area (TPSA) is 38.3 Å². The molecule has 1 aromatic rings. The van der Waals surface area contributed by atoms with Gasteiger partial charge in [0.05, 0.1) is 6.61 Å². The zero-order valence-corrected chi connectivity index (χ0v) is 13.2. The van der Waals surface area contributed by atoms with Crippen LogP contribution in [0.4, 0.5) is 0 Å². The van der Waals surface area contributed by atoms with Crippen molar-refractivity contribution < 1.29 is 9.53 Å². The molecule has 1 N–H and O–H groups in total. The van der Waals surface area contributed by atoms with Crippen molar-refractivity contribution in [2.45, 2.75) is 39.2 Å². The van der Waals surface area contributed by atoms with Crippen LogP contribution in [0.2, 0.25) is 0 Å². The summed E-state index contributed by atoms with van der Waals surface area (Å²) < 4.78 is 5.99. The Labute approximate surface area is 123 Å². The number of rotatable bonds is 8. The van der Waals surface area contributed by atoms with Crippen molar-refractivity contribution in [1.82, 2.24) is 5.32 Å². The fourth-order valence-corrected chi connectivity index (χ4v) is 2.12. The largest absolute Gasteiger partial charge is 0.466 e. The van der Waals surface area contributed by atoms with Gasteiger partial charge in [-0.2, -0.15) is 0 Å². The number of halogens is 1. The van der Waals surface area contributed by atoms with E-state index in [-0.39, 0.29) is 5.97 Å². The number of hydrogen-bond donors (Lipinski definition) is 1. The Hall–Kier alpha value is -0.870. The van der Waals surface area contributed by atoms with Gasteiger partial charge in [0.2, 0.25) is 0 Å². The molecule has 0 saturated carbocycles. The second-order valence-electron chi connectivity index (χ2n) is 4.59. The van der Waals surface area contributed by atoms with Crippen LogP contribution >= 0.6 is 15.9 Å². The lowest BCUT2D eigenvalue weighted by atomic mass is 10.1. The zero-order valence-electron chi connectivity index (χ0n) is 11.6. The first kappa shape index (κ1) is 16.2. The number of hydrogen-bond acceptors (Lipinski definition) is 3. The Kier molecular flexibility index (Phi) is 7.75. The zero-order chi connectivity index (χ0) is 14.1. The molecule has 106 valence electrons. The van der Waals surface area contributed by atoms with Gasteiger partial charge in [-0.15, -0.1) is 0 Å². The molecule has 0 saturated heterocycles. The van der Waals surface area contributed by atoms with Gasteiger partial charge in [-0.25, -0.2) is 0 Å². The lowest BCUT2D eigenvalue weighted by Crippen LogP contribution is -2.29. The molecule has 0 amide bonds. The first-order chi connectivity index (χ1) is 9.11. The van der Waals surface area contributed by atoms with Gasteiger partial charge in [0.1, 0.15) is 0 Å². The second-order valence-corrected chi connectivity index (χ2v) is 5.51. The first-order valence-electron chi connectivity index (χ1n) is 6.75. The van der Waals surface area contributed by atoms with Crippen molar-refractivity contribution in [2.75, 3.05) is 13.2 Å². The average Bonchev–Trinajstić information content (AvgIpc) is 2.38. The number of carbonyl (C=O) groups is 1. The highest BCUT2D eigenvalue weighted by atomic mass is 79.9. The van der Waals surface area contributed by atoms with Crippen molar-refractivity contribution >= 4 is 21.9 Å². The monoisotopic (exact) mass is 327 g/mol. The summed E-state index contributed by atoms with van der Waals surface area (Å²) >= 11 is 3.43. The van der Waals surface area contributed by atoms with Crippen LogP contribution in [0.25, 0.3) is 0 Å². The maximum atomic E-state index is 11.2. The summed E-state index contributed by atoms with van der Waals surface area (Å²) in [5.74, 6) is -0.107. The number of nitrogens with one attached hydrogen (secondary N) is 1. The van der Waals surface area contributed by atoms with E-state index in [1.54, 1.807) is 0 Å². The van der Waals surface area contributed by atoms with Gasteiger partial charge in [-0.1, -0.05) is 28.1 Å². The lowest BCUT2D eigenvalue weighted by molar-refractivity contribution is -0.143. The smallest absolute Gasteiger partial charge is 0.305 e. The van der Waals surface area contributed by atoms with Gasteiger partial charge in [0.15, 0.2) is 0 Å². The number of carbonyl (C=O) groups excluding carboxylic acids is 1. The molecule has 1 aromatic carbocycles. The standard InChI is InChI=1S/C15H22BrNO2/c1-3-19-15(18)5-4-10-17-12(2)11-13-6-8-14(16)9-7-13/h6-9,12,17H,3-5,10-11H2,1-2H3. The Morgan fingerprint density at radius 1 is 1.37 bits per heavy atom. The SMILES string of the molecule is CCOC(=O)CCCNC(C)Cc1ccc(Br)cc1. The molecule has 0 spiro atoms. The van der Waals surface area contributed by atoms with Gasteiger partial charge >= 0.3 is 5.97 Å². The minimum atomic E-state index is -0.107. The van der Waals surface area contributed by atoms with E-state index in [4.69, 9.17) is 4.74 Å². The van der Waals surface area contributed by atoms with Crippen molar-refractivity contribution in [3.63, 3.8) is 0 Å². The van der Waals surface area contributed by atoms with Crippen molar-refractivity contribution in [1.29, 1.82) is 0 Å². The molecule has 1 unspecified atom stereocenters. The molecule has 0 heterocycles. The molecule has 0 radical (unpaired) electrons. The van der Waals surface area contributed by atoms with E-state index in [0.717, 1.165) is 23.9 Å². The van der Waals surface area contributed by atoms with Gasteiger partial charge in [0, 0.05) is 16.9 Å². The van der Waals surface area contributed by atoms with Crippen LogP contribution in [-0.2, 0) is 16.0 Å². The molecule has 0 bridgehead atoms. The Bertz CT molecular complexity index is 378. The molecule has 1 rings (SSSR count). The predicted molar refractivity (Wildman–Crippen MR) is 81.2 cm³/mol. The molecule has 4 heteroatoms. The van der Waals surface area contributed by atoms with Crippen LogP contribution in [0.1, 0.15) is 32.3 Å². The summed E-state index contributed by atoms with van der Waals surface area (Å²) in [6.45, 7) is 5.30. The van der Waals surface area contributed by atoms with E-state index in [1.165, 1.54) is 5.56 Å². The van der Waals surface area contributed by atoms with Crippen LogP contribution in [0.3, 0.4) is 0 Å². The summed E-state index contributed by atoms with van der Waals surface area (Å²) in [7, 11) is 0. The van der Waals surface area contributed by atoms with E-state index in [9.17, 15) is 4.79 Å². The van der Waals surface area contributed by atoms with E-state index < -0.39 is 0 Å². The Morgan fingerprint density at radius 3 is 2.68 bits per heavy atom. The fourth-order valence-electron chi connectivity index (χ4n) is 1.86. The normalized spacial score (nSPS) is 12.2. The van der Waals surface area contributed by atoms with Gasteiger partial charge < -0.3 is 10.1 Å². The third kappa shape index (κ3) is 7.33. The average molecular weight is 328 g/mol. The van der Waals surface area contributed by atoms with Crippen molar-refractivity contribution in [3.05, 3.63) is 34.3 Å². The van der Waals surface area contributed by atoms with Crippen molar-refractivity contribution in [3.8, 4) is 0 Å². The van der Waals surface area contributed by atoms with Crippen LogP contribution in [0.5, 0.6) is 0 Å². The molecular formula is C15H22BrNO2. The van der Waals surface area contributed by atoms with Crippen LogP contribution in [-0.4, -0.2) is 25.2 Å². The summed E-state index contributed by atoms with van der Waals surface area (Å²) in [6, 6.07) is 8.77. The quantitative estimate of drug-likeness (QED) is 0.588. The molecule has 0 aliphatic carbocycles. The maximum Gasteiger partial charge on any atom is 0.305 e. The number of ether oxygens (including phenoxy) is 1. The molecule has 0 fully saturated rings. The minimum Gasteiger partial charge on any atom is -0.466 e. The number of benzene rings is 1. The molecule has 19 heavy (non-hydrogen) atoms. The molecular weight excluding hydrogens is 306 g/mol. The van der Waals surface area contributed by atoms with Gasteiger partial charge in [-0.05, 0) is 50.9 Å². The predicted octanol–water partition coefficient (Wildman–Crippen LogP) is 3.31. The second kappa shape index (κ2) is 9.10. The highest BCUT2D eigenvalue weighted by Crippen LogP contribution is 2.11. The first-order valence-corrected chi connectivity index (χ1v) is 7.54. The van der Waals surface area contributed by atoms with Crippen LogP contribution in [0.15, 0.2) is 28.7 Å². The molecule has 1 atom stereocenters. The molecule has 0 aromatic heterocycles. The lowest BCUT2D eigenvalue weighted by Gasteiger charge is -2.13. The third-order valence-electron chi connectivity index (χ3n) is 2.81. The van der Waals surface area contributed by atoms with E-state index in [0.29, 0.717) is 19.1 Å². The van der Waals surface area contributed by atoms with Crippen LogP contribution in [0, 0.1) is 0 Å². The van der Waals surface area contributed by atoms with Gasteiger partial charge in [0.25, 0.3) is 0 Å². The third-order valence-corrected chi connectivity index (χ3v) is 3.34. The van der Waals surface area contributed by atoms with E-state index in [2.05, 4.69) is 52.4 Å². The highest BCUT2D eigenvalue weighted by Gasteiger charge is 2.04. The van der Waals surface area contributed by atoms with E-state index >= 15 is 0 Å². The molecule has 0 aliphatic rings. The van der Waals surface area contributed by atoms with E-state index in [1.807, 2.05) is 6.92 Å². The summed E-state index contributed by atoms with van der Waals surface area (Å²) in [6.07, 6.45) is 2.31. The molecule has 3 nitrogen and oxygen atoms in total. The maximum absolute atomic E-state index is 11.2. The molecule has 0 aliphatic heterocycles. The summed E-state index contributed by atoms with van der Waals surface area (Å²) in [4.78, 5) is 11.2. The summed E-state index contributed by atoms with van der Waals surface area (Å²) in [5.41, 5.74) is 1.31.